The maximum absolute atomic E-state index is 6.07. The quantitative estimate of drug-likeness (QED) is 0.613. The lowest BCUT2D eigenvalue weighted by Crippen LogP contribution is -2.26. The molecule has 0 radical (unpaired) electrons. The van der Waals surface area contributed by atoms with Crippen LogP contribution in [0.5, 0.6) is 0 Å². The van der Waals surface area contributed by atoms with E-state index in [4.69, 9.17) is 5.73 Å². The Bertz CT molecular complexity index is 124. The van der Waals surface area contributed by atoms with Crippen molar-refractivity contribution in [3.63, 3.8) is 0 Å². The van der Waals surface area contributed by atoms with Crippen molar-refractivity contribution < 1.29 is 0 Å². The molecule has 1 nitrogen and oxygen atoms in total. The molecule has 1 atom stereocenters. The summed E-state index contributed by atoms with van der Waals surface area (Å²) in [7, 11) is 0. The van der Waals surface area contributed by atoms with Crippen molar-refractivity contribution >= 4 is 0 Å². The van der Waals surface area contributed by atoms with Gasteiger partial charge in [-0.25, -0.2) is 0 Å². The van der Waals surface area contributed by atoms with Gasteiger partial charge in [0.1, 0.15) is 0 Å². The summed E-state index contributed by atoms with van der Waals surface area (Å²) < 4.78 is 0. The SMILES string of the molecule is CCCCCCCC(N)CC(C)(C)C. The minimum Gasteiger partial charge on any atom is -0.328 e. The van der Waals surface area contributed by atoms with Gasteiger partial charge in [0.15, 0.2) is 0 Å². The standard InChI is InChI=1S/C13H29N/c1-5-6-7-8-9-10-12(14)11-13(2,3)4/h12H,5-11,14H2,1-4H3. The number of nitrogens with two attached hydrogens (primary N) is 1. The van der Waals surface area contributed by atoms with E-state index in [1.54, 1.807) is 0 Å². The maximum atomic E-state index is 6.07. The Morgan fingerprint density at radius 2 is 1.57 bits per heavy atom. The molecule has 0 aromatic rings. The topological polar surface area (TPSA) is 26.0 Å². The van der Waals surface area contributed by atoms with Crippen molar-refractivity contribution in [2.24, 2.45) is 11.1 Å². The molecule has 0 bridgehead atoms. The molecule has 2 N–H and O–H groups in total. The molecule has 0 saturated heterocycles. The van der Waals surface area contributed by atoms with Crippen LogP contribution < -0.4 is 5.73 Å². The normalized spacial score (nSPS) is 14.4. The van der Waals surface area contributed by atoms with Gasteiger partial charge in [0.05, 0.1) is 0 Å². The van der Waals surface area contributed by atoms with Gasteiger partial charge in [0.2, 0.25) is 0 Å². The van der Waals surface area contributed by atoms with Crippen LogP contribution >= 0.6 is 0 Å². The molecule has 0 spiro atoms. The zero-order valence-electron chi connectivity index (χ0n) is 10.6. The van der Waals surface area contributed by atoms with E-state index in [-0.39, 0.29) is 0 Å². The number of hydrogen-bond donors (Lipinski definition) is 1. The second-order valence-electron chi connectivity index (χ2n) is 5.73. The lowest BCUT2D eigenvalue weighted by atomic mass is 9.86. The van der Waals surface area contributed by atoms with Gasteiger partial charge in [-0.2, -0.15) is 0 Å². The minimum absolute atomic E-state index is 0.392. The molecule has 14 heavy (non-hydrogen) atoms. The average molecular weight is 199 g/mol. The van der Waals surface area contributed by atoms with Gasteiger partial charge in [-0.15, -0.1) is 0 Å². The van der Waals surface area contributed by atoms with E-state index in [9.17, 15) is 0 Å². The molecular weight excluding hydrogens is 170 g/mol. The summed E-state index contributed by atoms with van der Waals surface area (Å²) in [5.74, 6) is 0. The molecule has 1 heteroatoms. The maximum Gasteiger partial charge on any atom is 0.00438 e. The number of rotatable bonds is 7. The molecule has 0 fully saturated rings. The lowest BCUT2D eigenvalue weighted by Gasteiger charge is -2.23. The van der Waals surface area contributed by atoms with E-state index in [2.05, 4.69) is 27.7 Å². The second kappa shape index (κ2) is 7.28. The molecule has 1 unspecified atom stereocenters. The Morgan fingerprint density at radius 1 is 1.00 bits per heavy atom. The van der Waals surface area contributed by atoms with Crippen LogP contribution in [-0.4, -0.2) is 6.04 Å². The molecule has 0 rings (SSSR count). The van der Waals surface area contributed by atoms with Crippen LogP contribution in [0.3, 0.4) is 0 Å². The second-order valence-corrected chi connectivity index (χ2v) is 5.73. The third-order valence-electron chi connectivity index (χ3n) is 2.55. The molecule has 0 aliphatic rings. The molecule has 86 valence electrons. The van der Waals surface area contributed by atoms with Crippen LogP contribution in [0.25, 0.3) is 0 Å². The van der Waals surface area contributed by atoms with Crippen LogP contribution in [0, 0.1) is 5.41 Å². The summed E-state index contributed by atoms with van der Waals surface area (Å²) in [6.45, 7) is 9.06. The van der Waals surface area contributed by atoms with E-state index < -0.39 is 0 Å². The van der Waals surface area contributed by atoms with Crippen LogP contribution in [0.1, 0.15) is 72.6 Å². The van der Waals surface area contributed by atoms with Crippen molar-refractivity contribution in [3.8, 4) is 0 Å². The van der Waals surface area contributed by atoms with Crippen molar-refractivity contribution in [1.82, 2.24) is 0 Å². The Labute approximate surface area is 90.5 Å². The zero-order valence-corrected chi connectivity index (χ0v) is 10.6. The molecule has 0 aliphatic heterocycles. The summed E-state index contributed by atoms with van der Waals surface area (Å²) >= 11 is 0. The van der Waals surface area contributed by atoms with Gasteiger partial charge in [0, 0.05) is 6.04 Å². The Hall–Kier alpha value is -0.0400. The fourth-order valence-corrected chi connectivity index (χ4v) is 1.90. The number of hydrogen-bond acceptors (Lipinski definition) is 1. The molecule has 0 amide bonds. The summed E-state index contributed by atoms with van der Waals surface area (Å²) in [5, 5.41) is 0. The fourth-order valence-electron chi connectivity index (χ4n) is 1.90. The van der Waals surface area contributed by atoms with E-state index in [1.807, 2.05) is 0 Å². The molecule has 0 aromatic heterocycles. The largest absolute Gasteiger partial charge is 0.328 e. The van der Waals surface area contributed by atoms with Crippen molar-refractivity contribution in [2.45, 2.75) is 78.7 Å². The van der Waals surface area contributed by atoms with Gasteiger partial charge < -0.3 is 5.73 Å². The summed E-state index contributed by atoms with van der Waals surface area (Å²) in [6, 6.07) is 0.414. The van der Waals surface area contributed by atoms with E-state index in [1.165, 1.54) is 38.5 Å². The lowest BCUT2D eigenvalue weighted by molar-refractivity contribution is 0.326. The molecular formula is C13H29N. The monoisotopic (exact) mass is 199 g/mol. The van der Waals surface area contributed by atoms with Gasteiger partial charge in [-0.05, 0) is 18.3 Å². The smallest absolute Gasteiger partial charge is 0.00438 e. The van der Waals surface area contributed by atoms with Crippen LogP contribution in [0.15, 0.2) is 0 Å². The van der Waals surface area contributed by atoms with Crippen LogP contribution in [0.2, 0.25) is 0 Å². The van der Waals surface area contributed by atoms with Gasteiger partial charge in [0.25, 0.3) is 0 Å². The minimum atomic E-state index is 0.392. The first-order valence-electron chi connectivity index (χ1n) is 6.21. The Kier molecular flexibility index (Phi) is 7.26. The zero-order chi connectivity index (χ0) is 11.0. The first-order valence-corrected chi connectivity index (χ1v) is 6.21. The van der Waals surface area contributed by atoms with Gasteiger partial charge >= 0.3 is 0 Å². The first kappa shape index (κ1) is 14.0. The first-order chi connectivity index (χ1) is 6.45. The highest BCUT2D eigenvalue weighted by Crippen LogP contribution is 2.22. The highest BCUT2D eigenvalue weighted by Gasteiger charge is 2.14. The third-order valence-corrected chi connectivity index (χ3v) is 2.55. The molecule has 0 heterocycles. The van der Waals surface area contributed by atoms with Crippen LogP contribution in [0.4, 0.5) is 0 Å². The summed E-state index contributed by atoms with van der Waals surface area (Å²) in [6.07, 6.45) is 9.14. The van der Waals surface area contributed by atoms with E-state index in [0.29, 0.717) is 11.5 Å². The van der Waals surface area contributed by atoms with Crippen molar-refractivity contribution in [1.29, 1.82) is 0 Å². The van der Waals surface area contributed by atoms with Gasteiger partial charge in [-0.1, -0.05) is 59.8 Å². The predicted molar refractivity (Wildman–Crippen MR) is 65.4 cm³/mol. The highest BCUT2D eigenvalue weighted by molar-refractivity contribution is 4.71. The summed E-state index contributed by atoms with van der Waals surface area (Å²) in [4.78, 5) is 0. The Balaban J connectivity index is 3.31. The van der Waals surface area contributed by atoms with Crippen molar-refractivity contribution in [3.05, 3.63) is 0 Å². The van der Waals surface area contributed by atoms with Crippen LogP contribution in [-0.2, 0) is 0 Å². The third kappa shape index (κ3) is 10.0. The predicted octanol–water partition coefficient (Wildman–Crippen LogP) is 4.11. The molecule has 0 saturated carbocycles. The molecule has 0 aromatic carbocycles. The summed E-state index contributed by atoms with van der Waals surface area (Å²) in [5.41, 5.74) is 6.47. The van der Waals surface area contributed by atoms with E-state index >= 15 is 0 Å². The average Bonchev–Trinajstić information content (AvgIpc) is 2.00. The Morgan fingerprint density at radius 3 is 2.07 bits per heavy atom. The number of unbranched alkanes of at least 4 members (excludes halogenated alkanes) is 4. The van der Waals surface area contributed by atoms with Crippen molar-refractivity contribution in [2.75, 3.05) is 0 Å². The highest BCUT2D eigenvalue weighted by atomic mass is 14.6. The van der Waals surface area contributed by atoms with Gasteiger partial charge in [-0.3, -0.25) is 0 Å². The van der Waals surface area contributed by atoms with E-state index in [0.717, 1.165) is 6.42 Å². The fraction of sp³-hybridized carbons (Fsp3) is 1.00. The molecule has 0 aliphatic carbocycles.